The number of pyridine rings is 1. The highest BCUT2D eigenvalue weighted by Crippen LogP contribution is 2.25. The molecule has 2 heterocycles. The Bertz CT molecular complexity index is 863. The molecule has 1 fully saturated rings. The van der Waals surface area contributed by atoms with Crippen molar-refractivity contribution >= 4 is 5.96 Å². The van der Waals surface area contributed by atoms with Crippen molar-refractivity contribution in [2.45, 2.75) is 25.7 Å². The maximum Gasteiger partial charge on any atom is 0.403 e. The van der Waals surface area contributed by atoms with Gasteiger partial charge in [0.25, 0.3) is 0 Å². The van der Waals surface area contributed by atoms with Crippen LogP contribution in [0, 0.1) is 5.82 Å². The van der Waals surface area contributed by atoms with Crippen molar-refractivity contribution in [1.29, 1.82) is 0 Å². The summed E-state index contributed by atoms with van der Waals surface area (Å²) < 4.78 is 57.3. The summed E-state index contributed by atoms with van der Waals surface area (Å²) in [4.78, 5) is 11.9. The number of nitrogens with zero attached hydrogens (tertiary/aromatic N) is 4. The van der Waals surface area contributed by atoms with E-state index in [0.717, 1.165) is 5.56 Å². The molecule has 1 aromatic carbocycles. The quantitative estimate of drug-likeness (QED) is 0.438. The number of ether oxygens (including phenoxy) is 1. The summed E-state index contributed by atoms with van der Waals surface area (Å²) in [6.45, 7) is 3.21. The summed E-state index contributed by atoms with van der Waals surface area (Å²) in [5, 5.41) is 3.22. The second kappa shape index (κ2) is 9.95. The Hall–Kier alpha value is -2.88. The summed E-state index contributed by atoms with van der Waals surface area (Å²) in [5.74, 6) is 1.16. The van der Waals surface area contributed by atoms with Gasteiger partial charge in [0, 0.05) is 52.0 Å². The standard InChI is InChI=1S/C21H25F4N5O/c1-15(21(23,24)25)29-9-11-30(12-10-29)20(26-2)28-14-16-3-8-19(27-13-16)31-18-6-4-17(22)5-7-18/h3-8,13,15H,9-12,14H2,1-2H3,(H,26,28). The zero-order valence-corrected chi connectivity index (χ0v) is 17.4. The molecule has 10 heteroatoms. The highest BCUT2D eigenvalue weighted by Gasteiger charge is 2.41. The number of aliphatic imine (C=N–C) groups is 1. The lowest BCUT2D eigenvalue weighted by molar-refractivity contribution is -0.181. The molecule has 1 aliphatic rings. The molecular formula is C21H25F4N5O. The summed E-state index contributed by atoms with van der Waals surface area (Å²) in [5.41, 5.74) is 0.886. The number of guanidine groups is 1. The number of nitrogens with one attached hydrogen (secondary N) is 1. The van der Waals surface area contributed by atoms with E-state index in [1.807, 2.05) is 11.0 Å². The van der Waals surface area contributed by atoms with Crippen LogP contribution in [0.2, 0.25) is 0 Å². The van der Waals surface area contributed by atoms with Crippen LogP contribution in [0.4, 0.5) is 17.6 Å². The van der Waals surface area contributed by atoms with Gasteiger partial charge in [-0.2, -0.15) is 13.2 Å². The molecule has 2 aromatic rings. The number of aromatic nitrogens is 1. The smallest absolute Gasteiger partial charge is 0.403 e. The van der Waals surface area contributed by atoms with Gasteiger partial charge in [0.2, 0.25) is 5.88 Å². The van der Waals surface area contributed by atoms with Crippen LogP contribution in [0.15, 0.2) is 47.6 Å². The van der Waals surface area contributed by atoms with Crippen molar-refractivity contribution in [1.82, 2.24) is 20.1 Å². The molecule has 0 saturated carbocycles. The Labute approximate surface area is 178 Å². The predicted molar refractivity (Wildman–Crippen MR) is 110 cm³/mol. The fourth-order valence-electron chi connectivity index (χ4n) is 3.24. The van der Waals surface area contributed by atoms with E-state index >= 15 is 0 Å². The minimum absolute atomic E-state index is 0.318. The molecule has 0 radical (unpaired) electrons. The normalized spacial score (nSPS) is 16.8. The van der Waals surface area contributed by atoms with E-state index in [4.69, 9.17) is 4.74 Å². The molecule has 0 spiro atoms. The third-order valence-electron chi connectivity index (χ3n) is 5.13. The van der Waals surface area contributed by atoms with Gasteiger partial charge in [-0.05, 0) is 36.8 Å². The number of rotatable bonds is 5. The predicted octanol–water partition coefficient (Wildman–Crippen LogP) is 3.66. The molecule has 6 nitrogen and oxygen atoms in total. The minimum atomic E-state index is -4.22. The molecule has 1 N–H and O–H groups in total. The summed E-state index contributed by atoms with van der Waals surface area (Å²) in [6.07, 6.45) is -2.57. The molecule has 1 unspecified atom stereocenters. The molecule has 1 atom stereocenters. The number of piperazine rings is 1. The molecule has 3 rings (SSSR count). The second-order valence-corrected chi connectivity index (χ2v) is 7.20. The Balaban J connectivity index is 1.49. The molecule has 168 valence electrons. The minimum Gasteiger partial charge on any atom is -0.439 e. The Kier molecular flexibility index (Phi) is 7.32. The molecule has 1 saturated heterocycles. The fourth-order valence-corrected chi connectivity index (χ4v) is 3.24. The van der Waals surface area contributed by atoms with Crippen LogP contribution in [-0.4, -0.2) is 66.2 Å². The van der Waals surface area contributed by atoms with Gasteiger partial charge in [0.15, 0.2) is 5.96 Å². The number of halogens is 4. The van der Waals surface area contributed by atoms with E-state index in [-0.39, 0.29) is 5.82 Å². The second-order valence-electron chi connectivity index (χ2n) is 7.20. The Morgan fingerprint density at radius 3 is 2.35 bits per heavy atom. The summed E-state index contributed by atoms with van der Waals surface area (Å²) in [7, 11) is 1.64. The SMILES string of the molecule is CN=C(NCc1ccc(Oc2ccc(F)cc2)nc1)N1CCN(C(C)C(F)(F)F)CC1. The van der Waals surface area contributed by atoms with Gasteiger partial charge >= 0.3 is 6.18 Å². The first kappa shape index (κ1) is 22.8. The Morgan fingerprint density at radius 1 is 1.13 bits per heavy atom. The maximum absolute atomic E-state index is 13.0. The first-order valence-corrected chi connectivity index (χ1v) is 9.91. The van der Waals surface area contributed by atoms with Gasteiger partial charge < -0.3 is 15.0 Å². The lowest BCUT2D eigenvalue weighted by Crippen LogP contribution is -2.56. The van der Waals surface area contributed by atoms with E-state index in [9.17, 15) is 17.6 Å². The highest BCUT2D eigenvalue weighted by molar-refractivity contribution is 5.80. The molecule has 0 aliphatic carbocycles. The highest BCUT2D eigenvalue weighted by atomic mass is 19.4. The van der Waals surface area contributed by atoms with Crippen molar-refractivity contribution in [3.8, 4) is 11.6 Å². The van der Waals surface area contributed by atoms with E-state index in [2.05, 4.69) is 15.3 Å². The van der Waals surface area contributed by atoms with Crippen LogP contribution in [0.1, 0.15) is 12.5 Å². The van der Waals surface area contributed by atoms with E-state index < -0.39 is 12.2 Å². The fraction of sp³-hybridized carbons (Fsp3) is 0.429. The monoisotopic (exact) mass is 439 g/mol. The van der Waals surface area contributed by atoms with Crippen LogP contribution in [0.25, 0.3) is 0 Å². The van der Waals surface area contributed by atoms with Crippen molar-refractivity contribution in [3.63, 3.8) is 0 Å². The van der Waals surface area contributed by atoms with Gasteiger partial charge in [-0.25, -0.2) is 9.37 Å². The van der Waals surface area contributed by atoms with Gasteiger partial charge in [-0.1, -0.05) is 6.07 Å². The van der Waals surface area contributed by atoms with Gasteiger partial charge in [-0.3, -0.25) is 9.89 Å². The number of hydrogen-bond acceptors (Lipinski definition) is 4. The largest absolute Gasteiger partial charge is 0.439 e. The van der Waals surface area contributed by atoms with Gasteiger partial charge in [-0.15, -0.1) is 0 Å². The molecular weight excluding hydrogens is 414 g/mol. The summed E-state index contributed by atoms with van der Waals surface area (Å²) in [6, 6.07) is 7.75. The lowest BCUT2D eigenvalue weighted by atomic mass is 10.2. The van der Waals surface area contributed by atoms with Crippen molar-refractivity contribution in [3.05, 3.63) is 54.0 Å². The first-order chi connectivity index (χ1) is 14.8. The number of benzene rings is 1. The Morgan fingerprint density at radius 2 is 1.81 bits per heavy atom. The van der Waals surface area contributed by atoms with Crippen LogP contribution in [-0.2, 0) is 6.54 Å². The number of hydrogen-bond donors (Lipinski definition) is 1. The van der Waals surface area contributed by atoms with Crippen molar-refractivity contribution < 1.29 is 22.3 Å². The van der Waals surface area contributed by atoms with Gasteiger partial charge in [0.1, 0.15) is 17.6 Å². The lowest BCUT2D eigenvalue weighted by Gasteiger charge is -2.39. The molecule has 0 amide bonds. The average molecular weight is 439 g/mol. The first-order valence-electron chi connectivity index (χ1n) is 9.91. The topological polar surface area (TPSA) is 53.0 Å². The van der Waals surface area contributed by atoms with Crippen LogP contribution in [0.3, 0.4) is 0 Å². The van der Waals surface area contributed by atoms with Crippen molar-refractivity contribution in [2.75, 3.05) is 33.2 Å². The van der Waals surface area contributed by atoms with E-state index in [1.54, 1.807) is 19.3 Å². The van der Waals surface area contributed by atoms with Crippen LogP contribution >= 0.6 is 0 Å². The summed E-state index contributed by atoms with van der Waals surface area (Å²) >= 11 is 0. The molecule has 31 heavy (non-hydrogen) atoms. The molecule has 1 aromatic heterocycles. The van der Waals surface area contributed by atoms with Crippen molar-refractivity contribution in [2.24, 2.45) is 4.99 Å². The third-order valence-corrected chi connectivity index (χ3v) is 5.13. The molecule has 0 bridgehead atoms. The zero-order valence-electron chi connectivity index (χ0n) is 17.4. The third kappa shape index (κ3) is 6.30. The van der Waals surface area contributed by atoms with Gasteiger partial charge in [0.05, 0.1) is 0 Å². The van der Waals surface area contributed by atoms with Crippen LogP contribution in [0.5, 0.6) is 11.6 Å². The number of alkyl halides is 3. The van der Waals surface area contributed by atoms with E-state index in [1.165, 1.54) is 36.1 Å². The van der Waals surface area contributed by atoms with E-state index in [0.29, 0.717) is 50.3 Å². The molecule has 1 aliphatic heterocycles. The maximum atomic E-state index is 13.0. The average Bonchev–Trinajstić information content (AvgIpc) is 2.76. The van der Waals surface area contributed by atoms with Crippen LogP contribution < -0.4 is 10.1 Å². The zero-order chi connectivity index (χ0) is 22.4.